The third-order valence-electron chi connectivity index (χ3n) is 2.68. The van der Waals surface area contributed by atoms with Crippen LogP contribution in [0.2, 0.25) is 0 Å². The van der Waals surface area contributed by atoms with Gasteiger partial charge in [0.1, 0.15) is 0 Å². The molecule has 0 bridgehead atoms. The lowest BCUT2D eigenvalue weighted by Crippen LogP contribution is -2.52. The van der Waals surface area contributed by atoms with Gasteiger partial charge in [-0.15, -0.1) is 0 Å². The second-order valence-electron chi connectivity index (χ2n) is 4.63. The molecule has 0 aromatic rings. The highest BCUT2D eigenvalue weighted by Crippen LogP contribution is 2.09. The second kappa shape index (κ2) is 7.44. The molecule has 1 saturated heterocycles. The summed E-state index contributed by atoms with van der Waals surface area (Å²) in [5.41, 5.74) is 0. The average Bonchev–Trinajstić information content (AvgIpc) is 2.27. The molecular weight excluding hydrogens is 272 g/mol. The zero-order chi connectivity index (χ0) is 14.4. The van der Waals surface area contributed by atoms with Gasteiger partial charge in [-0.2, -0.15) is 0 Å². The van der Waals surface area contributed by atoms with Crippen LogP contribution in [-0.4, -0.2) is 70.1 Å². The van der Waals surface area contributed by atoms with Crippen LogP contribution in [0.25, 0.3) is 0 Å². The Kier molecular flexibility index (Phi) is 6.23. The topological polar surface area (TPSA) is 95.9 Å². The van der Waals surface area contributed by atoms with Gasteiger partial charge in [-0.25, -0.2) is 4.79 Å². The maximum Gasteiger partial charge on any atom is 0.317 e. The number of urea groups is 1. The van der Waals surface area contributed by atoms with E-state index in [4.69, 9.17) is 9.84 Å². The molecule has 1 fully saturated rings. The van der Waals surface area contributed by atoms with E-state index in [1.807, 2.05) is 0 Å². The maximum atomic E-state index is 11.9. The summed E-state index contributed by atoms with van der Waals surface area (Å²) in [4.78, 5) is 24.1. The number of carbonyl (C=O) groups excluding carboxylic acids is 1. The standard InChI is InChI=1S/C11H20N2O5S/c1-8(7-19(2)17)12-11(16)13-3-4-18-9(6-13)5-10(14)15/h8-9H,3-7H2,1-2H3,(H,12,16)(H,14,15). The highest BCUT2D eigenvalue weighted by molar-refractivity contribution is 7.84. The van der Waals surface area contributed by atoms with E-state index in [2.05, 4.69) is 5.32 Å². The molecule has 0 saturated carbocycles. The fourth-order valence-corrected chi connectivity index (χ4v) is 2.71. The van der Waals surface area contributed by atoms with Crippen LogP contribution in [0.5, 0.6) is 0 Å². The molecule has 2 N–H and O–H groups in total. The summed E-state index contributed by atoms with van der Waals surface area (Å²) >= 11 is 0. The lowest BCUT2D eigenvalue weighted by atomic mass is 10.2. The minimum atomic E-state index is -0.967. The molecule has 110 valence electrons. The van der Waals surface area contributed by atoms with E-state index in [1.165, 1.54) is 4.90 Å². The van der Waals surface area contributed by atoms with Crippen molar-refractivity contribution in [3.05, 3.63) is 0 Å². The van der Waals surface area contributed by atoms with Gasteiger partial charge >= 0.3 is 12.0 Å². The van der Waals surface area contributed by atoms with Gasteiger partial charge in [-0.1, -0.05) is 0 Å². The van der Waals surface area contributed by atoms with Crippen LogP contribution in [0.15, 0.2) is 0 Å². The second-order valence-corrected chi connectivity index (χ2v) is 6.11. The van der Waals surface area contributed by atoms with Gasteiger partial charge in [0.05, 0.1) is 19.1 Å². The number of rotatable bonds is 5. The van der Waals surface area contributed by atoms with Gasteiger partial charge in [0, 0.05) is 41.9 Å². The predicted molar refractivity (Wildman–Crippen MR) is 70.5 cm³/mol. The Hall–Kier alpha value is -1.15. The third kappa shape index (κ3) is 6.02. The van der Waals surface area contributed by atoms with Crippen molar-refractivity contribution in [3.8, 4) is 0 Å². The molecule has 2 amide bonds. The van der Waals surface area contributed by atoms with E-state index in [1.54, 1.807) is 13.2 Å². The van der Waals surface area contributed by atoms with Crippen LogP contribution in [0.3, 0.4) is 0 Å². The zero-order valence-electron chi connectivity index (χ0n) is 11.1. The van der Waals surface area contributed by atoms with Crippen molar-refractivity contribution < 1.29 is 23.6 Å². The molecule has 3 atom stereocenters. The SMILES string of the molecule is CC(CS(C)=O)NC(=O)N1CCOC(CC(=O)O)C1. The molecule has 0 aromatic carbocycles. The predicted octanol–water partition coefficient (Wildman–Crippen LogP) is -0.361. The molecule has 19 heavy (non-hydrogen) atoms. The Morgan fingerprint density at radius 2 is 2.26 bits per heavy atom. The van der Waals surface area contributed by atoms with Crippen LogP contribution in [0, 0.1) is 0 Å². The van der Waals surface area contributed by atoms with Crippen LogP contribution in [-0.2, 0) is 20.3 Å². The first kappa shape index (κ1) is 15.9. The van der Waals surface area contributed by atoms with Gasteiger partial charge in [0.2, 0.25) is 0 Å². The third-order valence-corrected chi connectivity index (χ3v) is 3.65. The van der Waals surface area contributed by atoms with E-state index < -0.39 is 22.9 Å². The molecule has 7 nitrogen and oxygen atoms in total. The van der Waals surface area contributed by atoms with Crippen LogP contribution >= 0.6 is 0 Å². The normalized spacial score (nSPS) is 22.6. The minimum Gasteiger partial charge on any atom is -0.481 e. The van der Waals surface area contributed by atoms with Crippen molar-refractivity contribution in [2.24, 2.45) is 0 Å². The Bertz CT molecular complexity index is 363. The number of nitrogens with zero attached hydrogens (tertiary/aromatic N) is 1. The fourth-order valence-electron chi connectivity index (χ4n) is 1.92. The first-order valence-electron chi connectivity index (χ1n) is 6.07. The Morgan fingerprint density at radius 3 is 2.84 bits per heavy atom. The highest BCUT2D eigenvalue weighted by atomic mass is 32.2. The Balaban J connectivity index is 2.43. The largest absolute Gasteiger partial charge is 0.481 e. The zero-order valence-corrected chi connectivity index (χ0v) is 11.9. The minimum absolute atomic E-state index is 0.113. The van der Waals surface area contributed by atoms with Gasteiger partial charge in [0.15, 0.2) is 0 Å². The Morgan fingerprint density at radius 1 is 1.58 bits per heavy atom. The van der Waals surface area contributed by atoms with Gasteiger partial charge in [-0.3, -0.25) is 9.00 Å². The number of hydrogen-bond acceptors (Lipinski definition) is 4. The molecule has 0 aromatic heterocycles. The summed E-state index contributed by atoms with van der Waals surface area (Å²) in [7, 11) is -0.967. The quantitative estimate of drug-likeness (QED) is 0.721. The lowest BCUT2D eigenvalue weighted by Gasteiger charge is -2.33. The van der Waals surface area contributed by atoms with Crippen molar-refractivity contribution in [3.63, 3.8) is 0 Å². The van der Waals surface area contributed by atoms with E-state index in [-0.39, 0.29) is 25.0 Å². The molecule has 0 spiro atoms. The molecule has 8 heteroatoms. The first-order chi connectivity index (χ1) is 8.88. The first-order valence-corrected chi connectivity index (χ1v) is 7.80. The van der Waals surface area contributed by atoms with Gasteiger partial charge in [0.25, 0.3) is 0 Å². The molecule has 1 aliphatic heterocycles. The van der Waals surface area contributed by atoms with E-state index in [9.17, 15) is 13.8 Å². The molecular formula is C11H20N2O5S. The number of amides is 2. The maximum absolute atomic E-state index is 11.9. The van der Waals surface area contributed by atoms with E-state index in [0.717, 1.165) is 0 Å². The van der Waals surface area contributed by atoms with E-state index >= 15 is 0 Å². The molecule has 1 aliphatic rings. The number of nitrogens with one attached hydrogen (secondary N) is 1. The Labute approximate surface area is 114 Å². The number of carboxylic acid groups (broad SMARTS) is 1. The molecule has 1 rings (SSSR count). The van der Waals surface area contributed by atoms with Gasteiger partial charge < -0.3 is 20.1 Å². The summed E-state index contributed by atoms with van der Waals surface area (Å²) < 4.78 is 16.3. The number of morpholine rings is 1. The van der Waals surface area contributed by atoms with Crippen molar-refractivity contribution >= 4 is 22.8 Å². The van der Waals surface area contributed by atoms with Crippen LogP contribution in [0.4, 0.5) is 4.79 Å². The van der Waals surface area contributed by atoms with Crippen molar-refractivity contribution in [1.29, 1.82) is 0 Å². The summed E-state index contributed by atoms with van der Waals surface area (Å²) in [6, 6.07) is -0.448. The fraction of sp³-hybridized carbons (Fsp3) is 0.818. The highest BCUT2D eigenvalue weighted by Gasteiger charge is 2.26. The molecule has 0 radical (unpaired) electrons. The average molecular weight is 292 g/mol. The summed E-state index contributed by atoms with van der Waals surface area (Å²) in [5, 5.41) is 11.4. The number of hydrogen-bond donors (Lipinski definition) is 2. The van der Waals surface area contributed by atoms with Crippen molar-refractivity contribution in [1.82, 2.24) is 10.2 Å². The smallest absolute Gasteiger partial charge is 0.317 e. The van der Waals surface area contributed by atoms with E-state index in [0.29, 0.717) is 18.9 Å². The monoisotopic (exact) mass is 292 g/mol. The van der Waals surface area contributed by atoms with Crippen LogP contribution in [0.1, 0.15) is 13.3 Å². The number of carboxylic acids is 1. The molecule has 3 unspecified atom stereocenters. The summed E-state index contributed by atoms with van der Waals surface area (Å²) in [6.45, 7) is 2.82. The lowest BCUT2D eigenvalue weighted by molar-refractivity contribution is -0.141. The summed E-state index contributed by atoms with van der Waals surface area (Å²) in [6.07, 6.45) is 1.01. The van der Waals surface area contributed by atoms with Crippen molar-refractivity contribution in [2.45, 2.75) is 25.5 Å². The number of ether oxygens (including phenoxy) is 1. The molecule has 1 heterocycles. The van der Waals surface area contributed by atoms with Crippen LogP contribution < -0.4 is 5.32 Å². The van der Waals surface area contributed by atoms with Gasteiger partial charge in [-0.05, 0) is 6.92 Å². The number of aliphatic carboxylic acids is 1. The number of carbonyl (C=O) groups is 2. The molecule has 0 aliphatic carbocycles. The summed E-state index contributed by atoms with van der Waals surface area (Å²) in [5.74, 6) is -0.545. The van der Waals surface area contributed by atoms with Crippen molar-refractivity contribution in [2.75, 3.05) is 31.7 Å².